The summed E-state index contributed by atoms with van der Waals surface area (Å²) in [5.74, 6) is 0. The molecule has 0 radical (unpaired) electrons. The van der Waals surface area contributed by atoms with Crippen LogP contribution in [-0.2, 0) is 0 Å². The van der Waals surface area contributed by atoms with Gasteiger partial charge >= 0.3 is 0 Å². The van der Waals surface area contributed by atoms with Gasteiger partial charge in [0.25, 0.3) is 0 Å². The molecule has 0 saturated carbocycles. The topological polar surface area (TPSA) is 4.41 Å². The summed E-state index contributed by atoms with van der Waals surface area (Å²) < 4.78 is 2.40. The van der Waals surface area contributed by atoms with Crippen molar-refractivity contribution in [2.45, 2.75) is 27.7 Å². The molecule has 2 heterocycles. The number of fused-ring (bicyclic) bond motifs is 3. The van der Waals surface area contributed by atoms with Gasteiger partial charge in [-0.25, -0.2) is 0 Å². The van der Waals surface area contributed by atoms with E-state index in [2.05, 4.69) is 74.6 Å². The Hall–Kier alpha value is -2.02. The molecule has 0 aliphatic heterocycles. The van der Waals surface area contributed by atoms with Crippen molar-refractivity contribution in [1.29, 1.82) is 0 Å². The average molecular weight is 249 g/mol. The molecule has 0 aliphatic carbocycles. The third kappa shape index (κ3) is 1.48. The molecule has 0 spiro atoms. The lowest BCUT2D eigenvalue weighted by molar-refractivity contribution is 1.24. The number of nitrogens with zero attached hydrogens (tertiary/aromatic N) is 1. The van der Waals surface area contributed by atoms with Gasteiger partial charge in [-0.3, -0.25) is 0 Å². The van der Waals surface area contributed by atoms with Crippen LogP contribution in [0.5, 0.6) is 0 Å². The Balaban J connectivity index is 2.71. The van der Waals surface area contributed by atoms with Gasteiger partial charge in [0.1, 0.15) is 0 Å². The molecule has 2 aromatic heterocycles. The van der Waals surface area contributed by atoms with Crippen LogP contribution in [0.15, 0.2) is 30.3 Å². The van der Waals surface area contributed by atoms with Gasteiger partial charge in [0.15, 0.2) is 0 Å². The predicted octanol–water partition coefficient (Wildman–Crippen LogP) is 4.26. The lowest BCUT2D eigenvalue weighted by atomic mass is 10.1. The van der Waals surface area contributed by atoms with E-state index in [-0.39, 0.29) is 0 Å². The van der Waals surface area contributed by atoms with Crippen LogP contribution in [0, 0.1) is 13.8 Å². The number of hydrogen-bond acceptors (Lipinski definition) is 0. The van der Waals surface area contributed by atoms with Gasteiger partial charge in [-0.15, -0.1) is 0 Å². The summed E-state index contributed by atoms with van der Waals surface area (Å²) in [5, 5.41) is 2.70. The van der Waals surface area contributed by atoms with E-state index in [0.717, 1.165) is 0 Å². The Morgan fingerprint density at radius 2 is 1.74 bits per heavy atom. The highest BCUT2D eigenvalue weighted by Gasteiger charge is 2.15. The van der Waals surface area contributed by atoms with Crippen LogP contribution in [0.1, 0.15) is 30.7 Å². The molecule has 0 N–H and O–H groups in total. The van der Waals surface area contributed by atoms with Crippen LogP contribution in [0.2, 0.25) is 0 Å². The molecule has 1 nitrogen and oxygen atoms in total. The Morgan fingerprint density at radius 3 is 2.42 bits per heavy atom. The highest BCUT2D eigenvalue weighted by atomic mass is 14.9. The van der Waals surface area contributed by atoms with Crippen molar-refractivity contribution in [2.75, 3.05) is 0 Å². The largest absolute Gasteiger partial charge is 0.309 e. The number of rotatable bonds is 1. The van der Waals surface area contributed by atoms with Crippen LogP contribution in [0.4, 0.5) is 0 Å². The highest BCUT2D eigenvalue weighted by molar-refractivity contribution is 5.92. The number of allylic oxidation sites excluding steroid dienone is 1. The number of hydrogen-bond donors (Lipinski definition) is 0. The van der Waals surface area contributed by atoms with Gasteiger partial charge in [-0.2, -0.15) is 0 Å². The van der Waals surface area contributed by atoms with Gasteiger partial charge in [0.2, 0.25) is 0 Å². The minimum atomic E-state index is 1.30. The normalized spacial score (nSPS) is 13.4. The van der Waals surface area contributed by atoms with E-state index in [1.54, 1.807) is 0 Å². The Labute approximate surface area is 113 Å². The first-order chi connectivity index (χ1) is 9.20. The zero-order valence-electron chi connectivity index (χ0n) is 12.0. The van der Waals surface area contributed by atoms with Crippen molar-refractivity contribution in [3.05, 3.63) is 52.4 Å². The van der Waals surface area contributed by atoms with Gasteiger partial charge in [0.05, 0.1) is 11.0 Å². The van der Waals surface area contributed by atoms with E-state index in [1.165, 1.54) is 38.5 Å². The first-order valence-electron chi connectivity index (χ1n) is 6.81. The fraction of sp³-hybridized carbons (Fsp3) is 0.222. The standard InChI is InChI=1S/C18H19N/c1-5-9-16-12(3)13(4)18-14(6-2)15-10-7-8-11-17(15)19(16)18/h5-11H,1-4H3/b9-5-,14-6-. The summed E-state index contributed by atoms with van der Waals surface area (Å²) in [6, 6.07) is 8.66. The summed E-state index contributed by atoms with van der Waals surface area (Å²) in [6.45, 7) is 8.64. The summed E-state index contributed by atoms with van der Waals surface area (Å²) in [6.07, 6.45) is 6.55. The average Bonchev–Trinajstić information content (AvgIpc) is 2.88. The Kier molecular flexibility index (Phi) is 2.70. The molecule has 0 saturated heterocycles. The van der Waals surface area contributed by atoms with Crippen LogP contribution in [0.25, 0.3) is 28.6 Å². The molecule has 1 aromatic carbocycles. The quantitative estimate of drug-likeness (QED) is 0.607. The second-order valence-electron chi connectivity index (χ2n) is 5.04. The zero-order chi connectivity index (χ0) is 13.6. The van der Waals surface area contributed by atoms with E-state index >= 15 is 0 Å². The molecule has 0 amide bonds. The number of aromatic nitrogens is 1. The van der Waals surface area contributed by atoms with E-state index in [9.17, 15) is 0 Å². The lowest BCUT2D eigenvalue weighted by Crippen LogP contribution is -1.97. The zero-order valence-corrected chi connectivity index (χ0v) is 12.0. The second-order valence-corrected chi connectivity index (χ2v) is 5.04. The molecule has 0 fully saturated rings. The van der Waals surface area contributed by atoms with Gasteiger partial charge < -0.3 is 4.40 Å². The SMILES string of the molecule is C/C=C\c1c(C)c(C)c2/c(=C\C)c3ccccc3n12. The summed E-state index contributed by atoms with van der Waals surface area (Å²) in [4.78, 5) is 0. The van der Waals surface area contributed by atoms with Crippen LogP contribution < -0.4 is 5.22 Å². The van der Waals surface area contributed by atoms with Crippen LogP contribution in [0.3, 0.4) is 0 Å². The first kappa shape index (κ1) is 12.0. The third-order valence-corrected chi connectivity index (χ3v) is 4.07. The summed E-state index contributed by atoms with van der Waals surface area (Å²) >= 11 is 0. The monoisotopic (exact) mass is 249 g/mol. The second kappa shape index (κ2) is 4.27. The van der Waals surface area contributed by atoms with Crippen LogP contribution in [-0.4, -0.2) is 4.40 Å². The Bertz CT molecular complexity index is 847. The van der Waals surface area contributed by atoms with E-state index < -0.39 is 0 Å². The Morgan fingerprint density at radius 1 is 1.00 bits per heavy atom. The molecule has 0 unspecified atom stereocenters. The number of para-hydroxylation sites is 1. The summed E-state index contributed by atoms with van der Waals surface area (Å²) in [7, 11) is 0. The van der Waals surface area contributed by atoms with Gasteiger partial charge in [-0.05, 0) is 51.0 Å². The number of aryl methyl sites for hydroxylation is 1. The van der Waals surface area contributed by atoms with E-state index in [4.69, 9.17) is 0 Å². The molecular weight excluding hydrogens is 230 g/mol. The van der Waals surface area contributed by atoms with Crippen molar-refractivity contribution < 1.29 is 0 Å². The maximum Gasteiger partial charge on any atom is 0.0570 e. The van der Waals surface area contributed by atoms with Crippen molar-refractivity contribution >= 4 is 28.6 Å². The van der Waals surface area contributed by atoms with E-state index in [0.29, 0.717) is 0 Å². The predicted molar refractivity (Wildman–Crippen MR) is 84.4 cm³/mol. The fourth-order valence-corrected chi connectivity index (χ4v) is 3.07. The molecule has 1 heteroatoms. The molecule has 3 rings (SSSR count). The first-order valence-corrected chi connectivity index (χ1v) is 6.81. The molecular formula is C18H19N. The molecule has 0 bridgehead atoms. The van der Waals surface area contributed by atoms with Crippen molar-refractivity contribution in [3.63, 3.8) is 0 Å². The summed E-state index contributed by atoms with van der Waals surface area (Å²) in [5.41, 5.74) is 6.72. The smallest absolute Gasteiger partial charge is 0.0570 e. The fourth-order valence-electron chi connectivity index (χ4n) is 3.07. The third-order valence-electron chi connectivity index (χ3n) is 4.07. The maximum absolute atomic E-state index is 2.40. The minimum absolute atomic E-state index is 1.30. The van der Waals surface area contributed by atoms with Gasteiger partial charge in [-0.1, -0.05) is 30.4 Å². The lowest BCUT2D eigenvalue weighted by Gasteiger charge is -1.98. The van der Waals surface area contributed by atoms with Gasteiger partial charge in [0, 0.05) is 16.3 Å². The van der Waals surface area contributed by atoms with Crippen molar-refractivity contribution in [2.24, 2.45) is 0 Å². The molecule has 0 aliphatic rings. The molecule has 3 aromatic rings. The maximum atomic E-state index is 2.40. The molecule has 0 atom stereocenters. The van der Waals surface area contributed by atoms with Crippen molar-refractivity contribution in [1.82, 2.24) is 4.40 Å². The number of benzene rings is 1. The van der Waals surface area contributed by atoms with Crippen molar-refractivity contribution in [3.8, 4) is 0 Å². The highest BCUT2D eigenvalue weighted by Crippen LogP contribution is 2.27. The molecule has 96 valence electrons. The van der Waals surface area contributed by atoms with E-state index in [1.807, 2.05) is 0 Å². The molecule has 19 heavy (non-hydrogen) atoms. The van der Waals surface area contributed by atoms with Crippen LogP contribution >= 0.6 is 0 Å². The minimum Gasteiger partial charge on any atom is -0.309 e.